The molecule has 1 aliphatic carbocycles. The van der Waals surface area contributed by atoms with Crippen LogP contribution in [0, 0.1) is 5.82 Å². The lowest BCUT2D eigenvalue weighted by Crippen LogP contribution is -2.47. The highest BCUT2D eigenvalue weighted by Crippen LogP contribution is 2.30. The second-order valence-electron chi connectivity index (χ2n) is 4.78. The molecule has 4 heteroatoms. The van der Waals surface area contributed by atoms with Crippen LogP contribution in [0.4, 0.5) is 4.39 Å². The van der Waals surface area contributed by atoms with E-state index in [1.54, 1.807) is 12.1 Å². The summed E-state index contributed by atoms with van der Waals surface area (Å²) in [5, 5.41) is 22.7. The van der Waals surface area contributed by atoms with Crippen LogP contribution in [0.5, 0.6) is 0 Å². The largest absolute Gasteiger partial charge is 0.389 e. The van der Waals surface area contributed by atoms with Crippen LogP contribution in [0.2, 0.25) is 0 Å². The normalized spacial score (nSPS) is 19.7. The zero-order valence-electron chi connectivity index (χ0n) is 9.69. The first kappa shape index (κ1) is 12.5. The summed E-state index contributed by atoms with van der Waals surface area (Å²) < 4.78 is 12.9. The van der Waals surface area contributed by atoms with Gasteiger partial charge in [0.1, 0.15) is 5.82 Å². The van der Waals surface area contributed by atoms with Gasteiger partial charge in [0.25, 0.3) is 0 Å². The molecule has 17 heavy (non-hydrogen) atoms. The topological polar surface area (TPSA) is 52.5 Å². The number of benzene rings is 1. The summed E-state index contributed by atoms with van der Waals surface area (Å²) in [6.45, 7) is 0.811. The second-order valence-corrected chi connectivity index (χ2v) is 4.78. The average Bonchev–Trinajstić information content (AvgIpc) is 2.26. The first-order chi connectivity index (χ1) is 8.09. The van der Waals surface area contributed by atoms with Crippen LogP contribution < -0.4 is 5.32 Å². The van der Waals surface area contributed by atoms with E-state index in [-0.39, 0.29) is 5.82 Å². The summed E-state index contributed by atoms with van der Waals surface area (Å²) >= 11 is 0. The molecule has 94 valence electrons. The molecule has 3 N–H and O–H groups in total. The third-order valence-electron chi connectivity index (χ3n) is 3.31. The number of hydrogen-bond acceptors (Lipinski definition) is 3. The molecule has 2 rings (SSSR count). The van der Waals surface area contributed by atoms with Crippen LogP contribution in [0.15, 0.2) is 24.3 Å². The smallest absolute Gasteiger partial charge is 0.123 e. The lowest BCUT2D eigenvalue weighted by atomic mass is 9.80. The van der Waals surface area contributed by atoms with Gasteiger partial charge in [-0.25, -0.2) is 4.39 Å². The van der Waals surface area contributed by atoms with E-state index in [0.717, 1.165) is 19.3 Å². The van der Waals surface area contributed by atoms with E-state index >= 15 is 0 Å². The molecular formula is C13H18FNO2. The number of rotatable bonds is 5. The van der Waals surface area contributed by atoms with E-state index in [1.165, 1.54) is 12.1 Å². The van der Waals surface area contributed by atoms with Gasteiger partial charge in [-0.1, -0.05) is 12.1 Å². The van der Waals surface area contributed by atoms with Gasteiger partial charge in [0, 0.05) is 13.1 Å². The molecule has 1 unspecified atom stereocenters. The van der Waals surface area contributed by atoms with E-state index in [9.17, 15) is 14.6 Å². The van der Waals surface area contributed by atoms with Gasteiger partial charge in [-0.3, -0.25) is 0 Å². The van der Waals surface area contributed by atoms with Gasteiger partial charge in [0.15, 0.2) is 0 Å². The Labute approximate surface area is 100 Å². The maximum atomic E-state index is 12.9. The number of nitrogens with one attached hydrogen (secondary N) is 1. The zero-order chi connectivity index (χ0) is 12.3. The maximum Gasteiger partial charge on any atom is 0.123 e. The molecule has 0 aliphatic heterocycles. The van der Waals surface area contributed by atoms with Gasteiger partial charge in [-0.2, -0.15) is 0 Å². The van der Waals surface area contributed by atoms with Gasteiger partial charge in [0.2, 0.25) is 0 Å². The van der Waals surface area contributed by atoms with Crippen LogP contribution in [0.25, 0.3) is 0 Å². The number of hydrogen-bond donors (Lipinski definition) is 3. The molecule has 0 radical (unpaired) electrons. The molecule has 1 aliphatic rings. The van der Waals surface area contributed by atoms with Crippen molar-refractivity contribution in [1.29, 1.82) is 0 Å². The number of halogens is 1. The highest BCUT2D eigenvalue weighted by molar-refractivity contribution is 5.18. The van der Waals surface area contributed by atoms with Crippen molar-refractivity contribution in [3.8, 4) is 0 Å². The van der Waals surface area contributed by atoms with E-state index in [1.807, 2.05) is 0 Å². The van der Waals surface area contributed by atoms with Crippen molar-refractivity contribution in [1.82, 2.24) is 5.32 Å². The maximum absolute atomic E-state index is 12.9. The van der Waals surface area contributed by atoms with Crippen molar-refractivity contribution >= 4 is 0 Å². The Balaban J connectivity index is 1.79. The summed E-state index contributed by atoms with van der Waals surface area (Å²) in [6, 6.07) is 5.94. The van der Waals surface area contributed by atoms with Crippen molar-refractivity contribution in [3.05, 3.63) is 35.6 Å². The molecule has 1 aromatic carbocycles. The summed E-state index contributed by atoms with van der Waals surface area (Å²) in [4.78, 5) is 0. The monoisotopic (exact) mass is 239 g/mol. The van der Waals surface area contributed by atoms with Crippen molar-refractivity contribution in [2.45, 2.75) is 31.0 Å². The van der Waals surface area contributed by atoms with Crippen molar-refractivity contribution < 1.29 is 14.6 Å². The molecular weight excluding hydrogens is 221 g/mol. The van der Waals surface area contributed by atoms with E-state index < -0.39 is 11.7 Å². The zero-order valence-corrected chi connectivity index (χ0v) is 9.69. The summed E-state index contributed by atoms with van der Waals surface area (Å²) in [7, 11) is 0. The molecule has 0 saturated heterocycles. The Bertz CT molecular complexity index is 379. The third kappa shape index (κ3) is 3.25. The van der Waals surface area contributed by atoms with Crippen LogP contribution in [0.3, 0.4) is 0 Å². The minimum absolute atomic E-state index is 0.325. The Kier molecular flexibility index (Phi) is 3.76. The fourth-order valence-electron chi connectivity index (χ4n) is 2.03. The number of aliphatic hydroxyl groups is 2. The molecule has 1 atom stereocenters. The van der Waals surface area contributed by atoms with Gasteiger partial charge in [0.05, 0.1) is 11.7 Å². The summed E-state index contributed by atoms with van der Waals surface area (Å²) in [6.07, 6.45) is 1.95. The average molecular weight is 239 g/mol. The lowest BCUT2D eigenvalue weighted by molar-refractivity contribution is -0.0328. The van der Waals surface area contributed by atoms with Crippen LogP contribution in [-0.4, -0.2) is 28.9 Å². The summed E-state index contributed by atoms with van der Waals surface area (Å²) in [5.41, 5.74) is -0.0418. The molecule has 0 bridgehead atoms. The van der Waals surface area contributed by atoms with Crippen molar-refractivity contribution in [2.24, 2.45) is 0 Å². The Morgan fingerprint density at radius 1 is 1.41 bits per heavy atom. The van der Waals surface area contributed by atoms with Gasteiger partial charge >= 0.3 is 0 Å². The Morgan fingerprint density at radius 3 is 2.76 bits per heavy atom. The van der Waals surface area contributed by atoms with E-state index in [2.05, 4.69) is 5.32 Å². The predicted octanol–water partition coefficient (Wildman–Crippen LogP) is 1.36. The standard InChI is InChI=1S/C13H18FNO2/c14-11-4-1-3-10(7-11)12(16)8-15-9-13(17)5-2-6-13/h1,3-4,7,12,15-17H,2,5-6,8-9H2. The molecule has 0 heterocycles. The molecule has 0 aromatic heterocycles. The molecule has 0 amide bonds. The summed E-state index contributed by atoms with van der Waals surface area (Å²) in [5.74, 6) is -0.348. The second kappa shape index (κ2) is 5.12. The fourth-order valence-corrected chi connectivity index (χ4v) is 2.03. The highest BCUT2D eigenvalue weighted by Gasteiger charge is 2.33. The molecule has 1 fully saturated rings. The van der Waals surface area contributed by atoms with E-state index in [0.29, 0.717) is 18.7 Å². The van der Waals surface area contributed by atoms with Gasteiger partial charge in [-0.15, -0.1) is 0 Å². The van der Waals surface area contributed by atoms with Crippen LogP contribution >= 0.6 is 0 Å². The van der Waals surface area contributed by atoms with Crippen LogP contribution in [-0.2, 0) is 0 Å². The minimum atomic E-state index is -0.741. The minimum Gasteiger partial charge on any atom is -0.389 e. The fraction of sp³-hybridized carbons (Fsp3) is 0.538. The number of aliphatic hydroxyl groups excluding tert-OH is 1. The molecule has 1 aromatic rings. The Morgan fingerprint density at radius 2 is 2.18 bits per heavy atom. The third-order valence-corrected chi connectivity index (χ3v) is 3.31. The Hall–Kier alpha value is -0.970. The molecule has 1 saturated carbocycles. The quantitative estimate of drug-likeness (QED) is 0.727. The first-order valence-electron chi connectivity index (χ1n) is 5.96. The van der Waals surface area contributed by atoms with E-state index in [4.69, 9.17) is 0 Å². The molecule has 0 spiro atoms. The SMILES string of the molecule is OC(CNCC1(O)CCC1)c1cccc(F)c1. The van der Waals surface area contributed by atoms with Crippen molar-refractivity contribution in [2.75, 3.05) is 13.1 Å². The predicted molar refractivity (Wildman–Crippen MR) is 63.0 cm³/mol. The first-order valence-corrected chi connectivity index (χ1v) is 5.96. The lowest BCUT2D eigenvalue weighted by Gasteiger charge is -2.37. The van der Waals surface area contributed by atoms with Gasteiger partial charge < -0.3 is 15.5 Å². The molecule has 3 nitrogen and oxygen atoms in total. The van der Waals surface area contributed by atoms with Gasteiger partial charge in [-0.05, 0) is 37.0 Å². The van der Waals surface area contributed by atoms with Crippen molar-refractivity contribution in [3.63, 3.8) is 0 Å². The highest BCUT2D eigenvalue weighted by atomic mass is 19.1. The van der Waals surface area contributed by atoms with Crippen LogP contribution in [0.1, 0.15) is 30.9 Å².